The summed E-state index contributed by atoms with van der Waals surface area (Å²) < 4.78 is 5.36. The Hall–Kier alpha value is -6.18. The van der Waals surface area contributed by atoms with Crippen molar-refractivity contribution in [3.8, 4) is 22.4 Å². The molecule has 0 spiro atoms. The minimum atomic E-state index is -0.937. The molecule has 14 heteroatoms. The molecule has 0 bridgehead atoms. The lowest BCUT2D eigenvalue weighted by molar-refractivity contribution is -0.130. The number of benzene rings is 3. The number of piperidine rings is 1. The van der Waals surface area contributed by atoms with E-state index in [9.17, 15) is 29.1 Å². The highest BCUT2D eigenvalue weighted by atomic mass is 16.6. The second kappa shape index (κ2) is 19.0. The second-order valence-corrected chi connectivity index (χ2v) is 16.6. The summed E-state index contributed by atoms with van der Waals surface area (Å²) in [4.78, 5) is 72.6. The molecule has 2 fully saturated rings. The van der Waals surface area contributed by atoms with Gasteiger partial charge in [-0.3, -0.25) is 14.4 Å². The Labute approximate surface area is 344 Å². The summed E-state index contributed by atoms with van der Waals surface area (Å²) in [7, 11) is 0. The van der Waals surface area contributed by atoms with Crippen LogP contribution in [0.4, 0.5) is 15.3 Å². The number of ether oxygens (including phenoxy) is 1. The van der Waals surface area contributed by atoms with Crippen LogP contribution in [-0.2, 0) is 20.7 Å². The van der Waals surface area contributed by atoms with Crippen LogP contribution in [0.15, 0.2) is 79.3 Å². The highest BCUT2D eigenvalue weighted by Crippen LogP contribution is 2.30. The Kier molecular flexibility index (Phi) is 13.7. The summed E-state index contributed by atoms with van der Waals surface area (Å²) >= 11 is 0. The van der Waals surface area contributed by atoms with Gasteiger partial charge in [0.2, 0.25) is 11.8 Å². The molecular weight excluding hydrogens is 751 g/mol. The number of hydrogen-bond donors (Lipinski definition) is 6. The predicted octanol–water partition coefficient (Wildman–Crippen LogP) is 6.92. The van der Waals surface area contributed by atoms with Gasteiger partial charge in [0.05, 0.1) is 18.2 Å². The van der Waals surface area contributed by atoms with Gasteiger partial charge in [0.15, 0.2) is 0 Å². The summed E-state index contributed by atoms with van der Waals surface area (Å²) in [6.45, 7) is 8.69. The van der Waals surface area contributed by atoms with Crippen molar-refractivity contribution >= 4 is 35.6 Å². The molecule has 4 aromatic rings. The molecule has 0 radical (unpaired) electrons. The normalized spacial score (nSPS) is 17.7. The van der Waals surface area contributed by atoms with Gasteiger partial charge < -0.3 is 41.0 Å². The molecule has 1 saturated carbocycles. The minimum Gasteiger partial charge on any atom is -0.465 e. The number of hydrogen-bond acceptors (Lipinski definition) is 7. The topological polar surface area (TPSA) is 195 Å². The molecule has 0 unspecified atom stereocenters. The number of anilines is 1. The molecule has 1 atom stereocenters. The zero-order chi connectivity index (χ0) is 42.1. The van der Waals surface area contributed by atoms with Crippen LogP contribution in [-0.4, -0.2) is 87.2 Å². The summed E-state index contributed by atoms with van der Waals surface area (Å²) in [6.07, 6.45) is 6.21. The van der Waals surface area contributed by atoms with E-state index in [1.807, 2.05) is 88.4 Å². The number of rotatable bonds is 12. The molecule has 1 saturated heterocycles. The maximum absolute atomic E-state index is 13.9. The van der Waals surface area contributed by atoms with Crippen LogP contribution in [0.1, 0.15) is 80.8 Å². The zero-order valence-electron chi connectivity index (χ0n) is 34.2. The van der Waals surface area contributed by atoms with Gasteiger partial charge in [0.1, 0.15) is 11.6 Å². The van der Waals surface area contributed by atoms with Gasteiger partial charge in [-0.1, -0.05) is 42.5 Å². The Morgan fingerprint density at radius 2 is 1.58 bits per heavy atom. The molecule has 6 rings (SSSR count). The number of alkyl carbamates (subject to hydrolysis) is 1. The van der Waals surface area contributed by atoms with E-state index in [1.165, 1.54) is 4.90 Å². The summed E-state index contributed by atoms with van der Waals surface area (Å²) in [5, 5.41) is 21.2. The third-order valence-corrected chi connectivity index (χ3v) is 11.0. The molecule has 1 aliphatic carbocycles. The lowest BCUT2D eigenvalue weighted by atomic mass is 9.81. The van der Waals surface area contributed by atoms with E-state index in [4.69, 9.17) is 4.74 Å². The van der Waals surface area contributed by atoms with Crippen molar-refractivity contribution in [2.75, 3.05) is 25.0 Å². The first-order valence-electron chi connectivity index (χ1n) is 20.4. The quantitative estimate of drug-likeness (QED) is 0.0888. The van der Waals surface area contributed by atoms with Crippen LogP contribution >= 0.6 is 0 Å². The van der Waals surface area contributed by atoms with Crippen LogP contribution in [0.25, 0.3) is 22.4 Å². The van der Waals surface area contributed by atoms with Crippen molar-refractivity contribution in [1.29, 1.82) is 0 Å². The van der Waals surface area contributed by atoms with E-state index in [0.717, 1.165) is 46.4 Å². The summed E-state index contributed by atoms with van der Waals surface area (Å²) in [5.74, 6) is -0.699. The Morgan fingerprint density at radius 3 is 2.19 bits per heavy atom. The molecule has 6 N–H and O–H groups in total. The second-order valence-electron chi connectivity index (χ2n) is 16.6. The Bertz CT molecular complexity index is 2080. The number of carbonyl (C=O) groups excluding carboxylic acids is 4. The van der Waals surface area contributed by atoms with E-state index in [0.29, 0.717) is 56.6 Å². The fraction of sp³-hybridized carbons (Fsp3) is 0.422. The number of aryl methyl sites for hydroxylation is 1. The highest BCUT2D eigenvalue weighted by molar-refractivity contribution is 5.98. The van der Waals surface area contributed by atoms with Gasteiger partial charge in [-0.25, -0.2) is 14.6 Å². The van der Waals surface area contributed by atoms with Crippen molar-refractivity contribution in [1.82, 2.24) is 30.8 Å². The fourth-order valence-electron chi connectivity index (χ4n) is 7.71. The molecule has 5 amide bonds. The minimum absolute atomic E-state index is 0.0794. The third kappa shape index (κ3) is 11.9. The lowest BCUT2D eigenvalue weighted by Crippen LogP contribution is -2.48. The first kappa shape index (κ1) is 42.4. The van der Waals surface area contributed by atoms with E-state index in [2.05, 4.69) is 31.2 Å². The van der Waals surface area contributed by atoms with E-state index >= 15 is 0 Å². The number of imidazole rings is 1. The number of likely N-dealkylation sites (tertiary alicyclic amines) is 1. The van der Waals surface area contributed by atoms with Crippen molar-refractivity contribution < 1.29 is 33.8 Å². The number of nitrogens with zero attached hydrogens (tertiary/aromatic N) is 2. The molecule has 2 heterocycles. The maximum Gasteiger partial charge on any atom is 0.407 e. The summed E-state index contributed by atoms with van der Waals surface area (Å²) in [5.41, 5.74) is 6.03. The van der Waals surface area contributed by atoms with Gasteiger partial charge in [-0.2, -0.15) is 0 Å². The zero-order valence-corrected chi connectivity index (χ0v) is 34.2. The van der Waals surface area contributed by atoms with E-state index in [1.54, 1.807) is 18.6 Å². The molecule has 1 aromatic heterocycles. The largest absolute Gasteiger partial charge is 0.465 e. The summed E-state index contributed by atoms with van der Waals surface area (Å²) in [6, 6.07) is 19.9. The highest BCUT2D eigenvalue weighted by Gasteiger charge is 2.31. The van der Waals surface area contributed by atoms with Crippen LogP contribution in [0.3, 0.4) is 0 Å². The molecule has 14 nitrogen and oxygen atoms in total. The molecule has 3 aromatic carbocycles. The SMILES string of the molecule is Cc1cc(C(=O)NC2CCN(C(=O)O)CC2)ccc1-c1ccc(C[C@H](NC(=O)C2CCC(CNC(=O)OC(C)(C)C)CC2)C(=O)Nc2ccc(-c3cnc[nH]3)cc2)cc1. The van der Waals surface area contributed by atoms with Gasteiger partial charge in [-0.05, 0) is 124 Å². The predicted molar refractivity (Wildman–Crippen MR) is 225 cm³/mol. The van der Waals surface area contributed by atoms with Crippen molar-refractivity contribution in [3.63, 3.8) is 0 Å². The van der Waals surface area contributed by atoms with Crippen molar-refractivity contribution in [3.05, 3.63) is 95.9 Å². The first-order chi connectivity index (χ1) is 28.2. The van der Waals surface area contributed by atoms with Crippen LogP contribution in [0.5, 0.6) is 0 Å². The number of nitrogens with one attached hydrogen (secondary N) is 5. The van der Waals surface area contributed by atoms with Crippen molar-refractivity contribution in [2.24, 2.45) is 11.8 Å². The molecule has 312 valence electrons. The smallest absolute Gasteiger partial charge is 0.407 e. The number of aromatic nitrogens is 2. The average molecular weight is 806 g/mol. The molecule has 2 aliphatic rings. The molecule has 59 heavy (non-hydrogen) atoms. The van der Waals surface area contributed by atoms with Crippen LogP contribution in [0, 0.1) is 18.8 Å². The number of carboxylic acid groups (broad SMARTS) is 1. The fourth-order valence-corrected chi connectivity index (χ4v) is 7.71. The Morgan fingerprint density at radius 1 is 0.898 bits per heavy atom. The van der Waals surface area contributed by atoms with Gasteiger partial charge in [0.25, 0.3) is 5.91 Å². The number of carbonyl (C=O) groups is 5. The molecule has 1 aliphatic heterocycles. The first-order valence-corrected chi connectivity index (χ1v) is 20.4. The van der Waals surface area contributed by atoms with Gasteiger partial charge >= 0.3 is 12.2 Å². The van der Waals surface area contributed by atoms with Crippen LogP contribution in [0.2, 0.25) is 0 Å². The standard InChI is InChI=1S/C45H55N7O7/c1-28-23-34(41(54)49-36-19-21-52(22-20-36)44(57)58)15-18-37(28)31-9-5-29(6-10-31)24-38(42(55)50-35-16-13-32(14-17-35)39-26-46-27-48-39)51-40(53)33-11-7-30(8-12-33)25-47-43(56)59-45(2,3)4/h5-6,9-10,13-18,23,26-27,30,33,36,38H,7-8,11-12,19-22,24-25H2,1-4H3,(H,46,48)(H,47,56)(H,49,54)(H,50,55)(H,51,53)(H,57,58)/t30?,33?,38-/m0/s1. The van der Waals surface area contributed by atoms with E-state index < -0.39 is 23.8 Å². The number of amides is 5. The van der Waals surface area contributed by atoms with Crippen molar-refractivity contribution in [2.45, 2.75) is 90.3 Å². The van der Waals surface area contributed by atoms with E-state index in [-0.39, 0.29) is 42.0 Å². The molecular formula is C45H55N7O7. The van der Waals surface area contributed by atoms with Crippen LogP contribution < -0.4 is 21.3 Å². The van der Waals surface area contributed by atoms with Gasteiger partial charge in [-0.15, -0.1) is 0 Å². The Balaban J connectivity index is 1.09. The van der Waals surface area contributed by atoms with Gasteiger partial charge in [0, 0.05) is 49.3 Å². The third-order valence-electron chi connectivity index (χ3n) is 11.0. The average Bonchev–Trinajstić information content (AvgIpc) is 3.76. The number of H-pyrrole nitrogens is 1. The lowest BCUT2D eigenvalue weighted by Gasteiger charge is -2.30. The number of aromatic amines is 1. The monoisotopic (exact) mass is 805 g/mol. The maximum atomic E-state index is 13.9.